The van der Waals surface area contributed by atoms with Crippen molar-refractivity contribution in [1.29, 1.82) is 0 Å². The molecule has 3 heteroatoms. The molecular formula is C24H48O3. The number of hydrogen-bond donors (Lipinski definition) is 1. The van der Waals surface area contributed by atoms with Crippen molar-refractivity contribution in [3.8, 4) is 0 Å². The van der Waals surface area contributed by atoms with Gasteiger partial charge < -0.3 is 14.6 Å². The smallest absolute Gasteiger partial charge is 0.161 e. The predicted octanol–water partition coefficient (Wildman–Crippen LogP) is 6.92. The molecule has 0 bridgehead atoms. The van der Waals surface area contributed by atoms with Gasteiger partial charge in [0.15, 0.2) is 12.6 Å². The lowest BCUT2D eigenvalue weighted by molar-refractivity contribution is -0.253. The van der Waals surface area contributed by atoms with Crippen molar-refractivity contribution >= 4 is 0 Å². The van der Waals surface area contributed by atoms with Crippen LogP contribution in [0.1, 0.15) is 113 Å². The average molecular weight is 385 g/mol. The Morgan fingerprint density at radius 3 is 2.19 bits per heavy atom. The summed E-state index contributed by atoms with van der Waals surface area (Å²) in [4.78, 5) is 0. The molecule has 1 rings (SSSR count). The number of hydrogen-bond acceptors (Lipinski definition) is 3. The Kier molecular flexibility index (Phi) is 10.9. The van der Waals surface area contributed by atoms with Crippen molar-refractivity contribution in [2.24, 2.45) is 22.7 Å². The number of ether oxygens (including phenoxy) is 2. The minimum atomic E-state index is -0.779. The summed E-state index contributed by atoms with van der Waals surface area (Å²) >= 11 is 0. The van der Waals surface area contributed by atoms with Crippen molar-refractivity contribution < 1.29 is 14.6 Å². The van der Waals surface area contributed by atoms with Gasteiger partial charge >= 0.3 is 0 Å². The Bertz CT molecular complexity index is 385. The van der Waals surface area contributed by atoms with Crippen molar-refractivity contribution in [3.63, 3.8) is 0 Å². The maximum atomic E-state index is 10.9. The molecule has 1 aliphatic carbocycles. The average Bonchev–Trinajstić information content (AvgIpc) is 2.64. The largest absolute Gasteiger partial charge is 0.368 e. The molecule has 1 aliphatic rings. The van der Waals surface area contributed by atoms with E-state index in [4.69, 9.17) is 9.47 Å². The van der Waals surface area contributed by atoms with Crippen LogP contribution in [0.2, 0.25) is 0 Å². The van der Waals surface area contributed by atoms with Gasteiger partial charge in [0.2, 0.25) is 0 Å². The van der Waals surface area contributed by atoms with Gasteiger partial charge in [0.25, 0.3) is 0 Å². The highest BCUT2D eigenvalue weighted by Gasteiger charge is 2.38. The highest BCUT2D eigenvalue weighted by Crippen LogP contribution is 2.42. The van der Waals surface area contributed by atoms with Crippen LogP contribution in [0.4, 0.5) is 0 Å². The van der Waals surface area contributed by atoms with E-state index < -0.39 is 6.29 Å². The second-order valence-electron chi connectivity index (χ2n) is 10.3. The molecule has 1 saturated carbocycles. The van der Waals surface area contributed by atoms with Crippen LogP contribution in [0.25, 0.3) is 0 Å². The normalized spacial score (nSPS) is 20.4. The maximum Gasteiger partial charge on any atom is 0.161 e. The fraction of sp³-hybridized carbons (Fsp3) is 1.00. The van der Waals surface area contributed by atoms with Gasteiger partial charge in [-0.1, -0.05) is 86.5 Å². The summed E-state index contributed by atoms with van der Waals surface area (Å²) < 4.78 is 11.8. The first kappa shape index (κ1) is 24.9. The third-order valence-corrected chi connectivity index (χ3v) is 7.15. The van der Waals surface area contributed by atoms with E-state index in [2.05, 4.69) is 41.5 Å². The molecule has 0 aromatic carbocycles. The van der Waals surface area contributed by atoms with E-state index in [1.165, 1.54) is 38.5 Å². The zero-order valence-corrected chi connectivity index (χ0v) is 19.4. The van der Waals surface area contributed by atoms with Crippen LogP contribution in [0.15, 0.2) is 0 Å². The molecule has 1 N–H and O–H groups in total. The molecule has 1 fully saturated rings. The number of aliphatic hydroxyl groups excluding tert-OH is 1. The summed E-state index contributed by atoms with van der Waals surface area (Å²) in [6.07, 6.45) is 11.3. The van der Waals surface area contributed by atoms with Gasteiger partial charge in [-0.05, 0) is 42.9 Å². The SMILES string of the molecule is CCC(C)(C)CC(C(O)OC(C)OCCCC1CCCCC1)C(C)(C)CC. The second kappa shape index (κ2) is 11.8. The molecular weight excluding hydrogens is 336 g/mol. The zero-order chi connectivity index (χ0) is 20.5. The zero-order valence-electron chi connectivity index (χ0n) is 19.4. The Labute approximate surface area is 169 Å². The molecule has 0 spiro atoms. The predicted molar refractivity (Wildman–Crippen MR) is 115 cm³/mol. The minimum absolute atomic E-state index is 0.0343. The van der Waals surface area contributed by atoms with Gasteiger partial charge in [0.1, 0.15) is 0 Å². The van der Waals surface area contributed by atoms with E-state index in [1.54, 1.807) is 0 Å². The van der Waals surface area contributed by atoms with Crippen molar-refractivity contribution in [2.75, 3.05) is 6.61 Å². The Balaban J connectivity index is 2.44. The van der Waals surface area contributed by atoms with E-state index in [0.29, 0.717) is 0 Å². The first-order valence-corrected chi connectivity index (χ1v) is 11.6. The Morgan fingerprint density at radius 1 is 1.00 bits per heavy atom. The van der Waals surface area contributed by atoms with Crippen LogP contribution in [0, 0.1) is 22.7 Å². The molecule has 0 aromatic rings. The second-order valence-corrected chi connectivity index (χ2v) is 10.3. The molecule has 0 amide bonds. The molecule has 27 heavy (non-hydrogen) atoms. The Morgan fingerprint density at radius 2 is 1.63 bits per heavy atom. The third kappa shape index (κ3) is 9.28. The standard InChI is InChI=1S/C24H48O3/c1-8-23(4,5)18-21(24(6,7)9-2)22(25)27-19(3)26-17-13-16-20-14-11-10-12-15-20/h19-22,25H,8-18H2,1-7H3. The van der Waals surface area contributed by atoms with Gasteiger partial charge in [-0.3, -0.25) is 0 Å². The molecule has 0 radical (unpaired) electrons. The van der Waals surface area contributed by atoms with Crippen LogP contribution in [-0.4, -0.2) is 24.3 Å². The number of aliphatic hydroxyl groups is 1. The fourth-order valence-corrected chi connectivity index (χ4v) is 4.19. The van der Waals surface area contributed by atoms with Crippen LogP contribution in [0.3, 0.4) is 0 Å². The lowest BCUT2D eigenvalue weighted by atomic mass is 9.68. The summed E-state index contributed by atoms with van der Waals surface area (Å²) in [6, 6.07) is 0. The van der Waals surface area contributed by atoms with Crippen LogP contribution >= 0.6 is 0 Å². The highest BCUT2D eigenvalue weighted by atomic mass is 16.7. The minimum Gasteiger partial charge on any atom is -0.368 e. The summed E-state index contributed by atoms with van der Waals surface area (Å²) in [5.74, 6) is 1.00. The van der Waals surface area contributed by atoms with Gasteiger partial charge in [0.05, 0.1) is 0 Å². The summed E-state index contributed by atoms with van der Waals surface area (Å²) in [7, 11) is 0. The molecule has 0 aliphatic heterocycles. The van der Waals surface area contributed by atoms with Crippen molar-refractivity contribution in [2.45, 2.75) is 125 Å². The lowest BCUT2D eigenvalue weighted by Gasteiger charge is -2.41. The molecule has 162 valence electrons. The van der Waals surface area contributed by atoms with E-state index in [1.807, 2.05) is 6.92 Å². The van der Waals surface area contributed by atoms with E-state index in [0.717, 1.165) is 38.2 Å². The topological polar surface area (TPSA) is 38.7 Å². The monoisotopic (exact) mass is 384 g/mol. The fourth-order valence-electron chi connectivity index (χ4n) is 4.19. The Hall–Kier alpha value is -0.120. The van der Waals surface area contributed by atoms with E-state index in [-0.39, 0.29) is 23.0 Å². The first-order chi connectivity index (χ1) is 12.6. The first-order valence-electron chi connectivity index (χ1n) is 11.6. The third-order valence-electron chi connectivity index (χ3n) is 7.15. The summed E-state index contributed by atoms with van der Waals surface area (Å²) in [6.45, 7) is 16.1. The van der Waals surface area contributed by atoms with Crippen LogP contribution in [0.5, 0.6) is 0 Å². The molecule has 0 saturated heterocycles. The van der Waals surface area contributed by atoms with E-state index in [9.17, 15) is 5.11 Å². The van der Waals surface area contributed by atoms with Gasteiger partial charge in [-0.2, -0.15) is 0 Å². The maximum absolute atomic E-state index is 10.9. The quantitative estimate of drug-likeness (QED) is 0.276. The lowest BCUT2D eigenvalue weighted by Crippen LogP contribution is -2.40. The van der Waals surface area contributed by atoms with Gasteiger partial charge in [-0.25, -0.2) is 0 Å². The molecule has 0 aromatic heterocycles. The van der Waals surface area contributed by atoms with E-state index >= 15 is 0 Å². The molecule has 0 heterocycles. The van der Waals surface area contributed by atoms with Gasteiger partial charge in [0, 0.05) is 12.5 Å². The molecule has 3 unspecified atom stereocenters. The number of rotatable bonds is 13. The van der Waals surface area contributed by atoms with Crippen LogP contribution < -0.4 is 0 Å². The summed E-state index contributed by atoms with van der Waals surface area (Å²) in [5.41, 5.74) is 0.234. The molecule has 3 nitrogen and oxygen atoms in total. The highest BCUT2D eigenvalue weighted by molar-refractivity contribution is 4.84. The van der Waals surface area contributed by atoms with Crippen molar-refractivity contribution in [3.05, 3.63) is 0 Å². The van der Waals surface area contributed by atoms with Gasteiger partial charge in [-0.15, -0.1) is 0 Å². The molecule has 3 atom stereocenters. The van der Waals surface area contributed by atoms with Crippen LogP contribution in [-0.2, 0) is 9.47 Å². The van der Waals surface area contributed by atoms with Crippen molar-refractivity contribution in [1.82, 2.24) is 0 Å². The summed E-state index contributed by atoms with van der Waals surface area (Å²) in [5, 5.41) is 10.9.